The van der Waals surface area contributed by atoms with Crippen molar-refractivity contribution >= 4 is 11.4 Å². The summed E-state index contributed by atoms with van der Waals surface area (Å²) in [6.07, 6.45) is 0.487. The lowest BCUT2D eigenvalue weighted by atomic mass is 10.0. The van der Waals surface area contributed by atoms with Crippen LogP contribution in [-0.4, -0.2) is 37.3 Å². The lowest BCUT2D eigenvalue weighted by Gasteiger charge is -2.02. The van der Waals surface area contributed by atoms with E-state index in [1.54, 1.807) is 16.6 Å². The molecule has 0 bridgehead atoms. The van der Waals surface area contributed by atoms with E-state index in [1.807, 2.05) is 25.1 Å². The molecule has 6 nitrogen and oxygen atoms in total. The first kappa shape index (κ1) is 12.6. The molecule has 0 radical (unpaired) electrons. The van der Waals surface area contributed by atoms with Gasteiger partial charge in [0.2, 0.25) is 11.6 Å². The normalized spacial score (nSPS) is 11.1. The molecule has 3 aromatic rings. The van der Waals surface area contributed by atoms with Crippen molar-refractivity contribution in [2.75, 3.05) is 6.61 Å². The second-order valence-corrected chi connectivity index (χ2v) is 4.62. The van der Waals surface area contributed by atoms with Crippen LogP contribution in [0.5, 0.6) is 0 Å². The van der Waals surface area contributed by atoms with Gasteiger partial charge in [0.1, 0.15) is 0 Å². The molecular formula is C14H14N4O2. The third kappa shape index (κ3) is 2.00. The summed E-state index contributed by atoms with van der Waals surface area (Å²) < 4.78 is 1.56. The van der Waals surface area contributed by atoms with Crippen molar-refractivity contribution in [1.29, 1.82) is 0 Å². The van der Waals surface area contributed by atoms with Crippen LogP contribution in [0, 0.1) is 6.92 Å². The number of aromatic nitrogens is 4. The van der Waals surface area contributed by atoms with Gasteiger partial charge in [0.15, 0.2) is 5.65 Å². The van der Waals surface area contributed by atoms with E-state index in [0.717, 1.165) is 11.3 Å². The van der Waals surface area contributed by atoms with Crippen LogP contribution >= 0.6 is 0 Å². The van der Waals surface area contributed by atoms with E-state index in [2.05, 4.69) is 15.3 Å². The van der Waals surface area contributed by atoms with Gasteiger partial charge >= 0.3 is 0 Å². The Labute approximate surface area is 115 Å². The number of aryl methyl sites for hydroxylation is 1. The summed E-state index contributed by atoms with van der Waals surface area (Å²) in [5, 5.41) is 19.9. The summed E-state index contributed by atoms with van der Waals surface area (Å²) in [5.41, 5.74) is 2.90. The molecule has 0 unspecified atom stereocenters. The van der Waals surface area contributed by atoms with Crippen molar-refractivity contribution in [1.82, 2.24) is 19.8 Å². The number of hydrogen-bond acceptors (Lipinski definition) is 4. The molecule has 0 aliphatic heterocycles. The maximum atomic E-state index is 12.5. The summed E-state index contributed by atoms with van der Waals surface area (Å²) in [6, 6.07) is 9.15. The number of aromatic amines is 1. The molecule has 0 fully saturated rings. The number of H-pyrrole nitrogens is 1. The predicted octanol–water partition coefficient (Wildman–Crippen LogP) is 1.13. The fourth-order valence-corrected chi connectivity index (χ4v) is 2.18. The van der Waals surface area contributed by atoms with Crippen LogP contribution < -0.4 is 0 Å². The monoisotopic (exact) mass is 270 g/mol. The molecule has 0 saturated carbocycles. The summed E-state index contributed by atoms with van der Waals surface area (Å²) >= 11 is 0. The Bertz CT molecular complexity index is 772. The van der Waals surface area contributed by atoms with E-state index in [1.165, 1.54) is 0 Å². The highest BCUT2D eigenvalue weighted by Gasteiger charge is 2.19. The van der Waals surface area contributed by atoms with Crippen molar-refractivity contribution in [3.05, 3.63) is 53.0 Å². The lowest BCUT2D eigenvalue weighted by molar-refractivity contribution is 0.102. The molecule has 0 spiro atoms. The SMILES string of the molecule is Cc1ccccc1C(=O)c1nnc2cc(CCO)[nH]n12. The standard InChI is InChI=1S/C14H14N4O2/c1-9-4-2-3-5-11(9)13(20)14-16-15-12-8-10(6-7-19)17-18(12)14/h2-5,8,17,19H,6-7H2,1H3. The van der Waals surface area contributed by atoms with Crippen LogP contribution in [0.3, 0.4) is 0 Å². The summed E-state index contributed by atoms with van der Waals surface area (Å²) in [6.45, 7) is 1.93. The lowest BCUT2D eigenvalue weighted by Crippen LogP contribution is -2.09. The van der Waals surface area contributed by atoms with E-state index in [4.69, 9.17) is 5.11 Å². The van der Waals surface area contributed by atoms with Crippen molar-refractivity contribution in [3.63, 3.8) is 0 Å². The fraction of sp³-hybridized carbons (Fsp3) is 0.214. The Morgan fingerprint density at radius 1 is 1.35 bits per heavy atom. The number of fused-ring (bicyclic) bond motifs is 1. The van der Waals surface area contributed by atoms with Crippen LogP contribution in [0.15, 0.2) is 30.3 Å². The number of ketones is 1. The quantitative estimate of drug-likeness (QED) is 0.696. The van der Waals surface area contributed by atoms with Gasteiger partial charge in [0.05, 0.1) is 0 Å². The van der Waals surface area contributed by atoms with Gasteiger partial charge in [-0.15, -0.1) is 10.2 Å². The number of hydrogen-bond donors (Lipinski definition) is 2. The number of nitrogens with zero attached hydrogens (tertiary/aromatic N) is 3. The maximum Gasteiger partial charge on any atom is 0.232 e. The Morgan fingerprint density at radius 2 is 2.15 bits per heavy atom. The van der Waals surface area contributed by atoms with Crippen LogP contribution in [-0.2, 0) is 6.42 Å². The van der Waals surface area contributed by atoms with Crippen LogP contribution in [0.2, 0.25) is 0 Å². The first-order chi connectivity index (χ1) is 9.70. The topological polar surface area (TPSA) is 83.3 Å². The first-order valence-electron chi connectivity index (χ1n) is 6.35. The zero-order valence-corrected chi connectivity index (χ0v) is 11.0. The molecule has 102 valence electrons. The van der Waals surface area contributed by atoms with Gasteiger partial charge in [-0.25, -0.2) is 4.52 Å². The fourth-order valence-electron chi connectivity index (χ4n) is 2.18. The molecule has 2 heterocycles. The average molecular weight is 270 g/mol. The number of benzene rings is 1. The summed E-state index contributed by atoms with van der Waals surface area (Å²) in [5.74, 6) is 0.0755. The number of aliphatic hydroxyl groups excluding tert-OH is 1. The van der Waals surface area contributed by atoms with Gasteiger partial charge in [-0.3, -0.25) is 9.89 Å². The highest BCUT2D eigenvalue weighted by atomic mass is 16.3. The van der Waals surface area contributed by atoms with E-state index in [-0.39, 0.29) is 18.2 Å². The van der Waals surface area contributed by atoms with Gasteiger partial charge < -0.3 is 5.11 Å². The third-order valence-electron chi connectivity index (χ3n) is 3.22. The molecule has 20 heavy (non-hydrogen) atoms. The van der Waals surface area contributed by atoms with Gasteiger partial charge in [0, 0.05) is 30.4 Å². The molecule has 0 aliphatic rings. The zero-order chi connectivity index (χ0) is 14.1. The van der Waals surface area contributed by atoms with Crippen molar-refractivity contribution in [2.45, 2.75) is 13.3 Å². The van der Waals surface area contributed by atoms with E-state index in [9.17, 15) is 4.79 Å². The van der Waals surface area contributed by atoms with Gasteiger partial charge in [-0.05, 0) is 12.5 Å². The molecule has 3 rings (SSSR count). The number of rotatable bonds is 4. The summed E-state index contributed by atoms with van der Waals surface area (Å²) in [7, 11) is 0. The third-order valence-corrected chi connectivity index (χ3v) is 3.22. The minimum atomic E-state index is -0.173. The molecule has 2 aromatic heterocycles. The molecule has 0 saturated heterocycles. The Hall–Kier alpha value is -2.47. The van der Waals surface area contributed by atoms with Crippen molar-refractivity contribution in [3.8, 4) is 0 Å². The second kappa shape index (κ2) is 4.90. The summed E-state index contributed by atoms with van der Waals surface area (Å²) in [4.78, 5) is 12.5. The van der Waals surface area contributed by atoms with Crippen molar-refractivity contribution in [2.24, 2.45) is 0 Å². The first-order valence-corrected chi connectivity index (χ1v) is 6.35. The van der Waals surface area contributed by atoms with Gasteiger partial charge in [0.25, 0.3) is 0 Å². The average Bonchev–Trinajstić information content (AvgIpc) is 2.98. The number of carbonyl (C=O) groups is 1. The number of aliphatic hydroxyl groups is 1. The van der Waals surface area contributed by atoms with E-state index < -0.39 is 0 Å². The molecule has 0 aliphatic carbocycles. The number of carbonyl (C=O) groups excluding carboxylic acids is 1. The molecule has 2 N–H and O–H groups in total. The molecule has 1 aromatic carbocycles. The Balaban J connectivity index is 2.05. The maximum absolute atomic E-state index is 12.5. The van der Waals surface area contributed by atoms with Crippen LogP contribution in [0.25, 0.3) is 5.65 Å². The predicted molar refractivity (Wildman–Crippen MR) is 72.7 cm³/mol. The van der Waals surface area contributed by atoms with E-state index >= 15 is 0 Å². The highest BCUT2D eigenvalue weighted by molar-refractivity contribution is 6.07. The highest BCUT2D eigenvalue weighted by Crippen LogP contribution is 2.14. The second-order valence-electron chi connectivity index (χ2n) is 4.62. The Morgan fingerprint density at radius 3 is 2.90 bits per heavy atom. The van der Waals surface area contributed by atoms with E-state index in [0.29, 0.717) is 17.6 Å². The number of nitrogens with one attached hydrogen (secondary N) is 1. The minimum Gasteiger partial charge on any atom is -0.396 e. The smallest absolute Gasteiger partial charge is 0.232 e. The van der Waals surface area contributed by atoms with Crippen molar-refractivity contribution < 1.29 is 9.90 Å². The molecule has 0 amide bonds. The van der Waals surface area contributed by atoms with Gasteiger partial charge in [-0.1, -0.05) is 24.3 Å². The minimum absolute atomic E-state index is 0.0399. The Kier molecular flexibility index (Phi) is 3.08. The van der Waals surface area contributed by atoms with Gasteiger partial charge in [-0.2, -0.15) is 0 Å². The zero-order valence-electron chi connectivity index (χ0n) is 11.0. The van der Waals surface area contributed by atoms with Crippen LogP contribution in [0.1, 0.15) is 27.4 Å². The molecular weight excluding hydrogens is 256 g/mol. The molecule has 6 heteroatoms. The van der Waals surface area contributed by atoms with Crippen LogP contribution in [0.4, 0.5) is 0 Å². The molecule has 0 atom stereocenters. The largest absolute Gasteiger partial charge is 0.396 e.